The molecule has 0 amide bonds. The van der Waals surface area contributed by atoms with Gasteiger partial charge in [-0.05, 0) is 51.9 Å². The van der Waals surface area contributed by atoms with E-state index in [1.54, 1.807) is 28.6 Å². The first-order valence-electron chi connectivity index (χ1n) is 6.38. The molecule has 6 heteroatoms. The number of para-hydroxylation sites is 1. The maximum atomic E-state index is 10.8. The zero-order chi connectivity index (χ0) is 14.8. The van der Waals surface area contributed by atoms with Crippen molar-refractivity contribution in [3.05, 3.63) is 66.0 Å². The summed E-state index contributed by atoms with van der Waals surface area (Å²) < 4.78 is 0. The quantitative estimate of drug-likeness (QED) is 0.643. The van der Waals surface area contributed by atoms with E-state index in [1.807, 2.05) is 30.3 Å². The smallest absolute Gasteiger partial charge is 0.306 e. The summed E-state index contributed by atoms with van der Waals surface area (Å²) in [6, 6.07) is 15.9. The summed E-state index contributed by atoms with van der Waals surface area (Å²) >= 11 is 0. The van der Waals surface area contributed by atoms with Gasteiger partial charge in [0.15, 0.2) is 5.69 Å². The number of benzene rings is 2. The van der Waals surface area contributed by atoms with Gasteiger partial charge in [-0.1, -0.05) is 18.2 Å². The largest absolute Gasteiger partial charge is 0.545 e. The molecule has 0 saturated carbocycles. The highest BCUT2D eigenvalue weighted by Crippen LogP contribution is 2.06. The first-order valence-corrected chi connectivity index (χ1v) is 6.38. The summed E-state index contributed by atoms with van der Waals surface area (Å²) in [5.41, 5.74) is 1.70. The van der Waals surface area contributed by atoms with Gasteiger partial charge in [0.25, 0.3) is 0 Å². The van der Waals surface area contributed by atoms with Crippen LogP contribution in [0.25, 0.3) is 11.4 Å². The summed E-state index contributed by atoms with van der Waals surface area (Å²) in [4.78, 5) is 14.1. The van der Waals surface area contributed by atoms with Crippen LogP contribution in [-0.2, 0) is 0 Å². The number of rotatable bonds is 3. The molecule has 0 bridgehead atoms. The molecule has 6 nitrogen and oxygen atoms in total. The normalized spacial score (nSPS) is 10.5. The molecular weight excluding hydrogens is 268 g/mol. The van der Waals surface area contributed by atoms with Crippen LogP contribution in [0.3, 0.4) is 0 Å². The van der Waals surface area contributed by atoms with Gasteiger partial charge in [-0.25, -0.2) is 0 Å². The average molecular weight is 280 g/mol. The van der Waals surface area contributed by atoms with Crippen molar-refractivity contribution >= 4 is 5.97 Å². The van der Waals surface area contributed by atoms with E-state index in [2.05, 4.69) is 10.2 Å². The van der Waals surface area contributed by atoms with Crippen LogP contribution in [0, 0.1) is 6.92 Å². The molecule has 3 rings (SSSR count). The Balaban J connectivity index is 2.09. The van der Waals surface area contributed by atoms with E-state index >= 15 is 0 Å². The highest BCUT2D eigenvalue weighted by Gasteiger charge is 2.18. The Hall–Kier alpha value is -3.02. The Morgan fingerprint density at radius 1 is 1.10 bits per heavy atom. The van der Waals surface area contributed by atoms with Crippen LogP contribution in [0.2, 0.25) is 0 Å². The topological polar surface area (TPSA) is 74.7 Å². The molecule has 0 spiro atoms. The molecule has 0 fully saturated rings. The third kappa shape index (κ3) is 2.51. The second-order valence-corrected chi connectivity index (χ2v) is 4.50. The number of tetrazole rings is 1. The van der Waals surface area contributed by atoms with Crippen molar-refractivity contribution in [1.82, 2.24) is 15.0 Å². The van der Waals surface area contributed by atoms with Crippen LogP contribution in [0.4, 0.5) is 0 Å². The lowest BCUT2D eigenvalue weighted by Crippen LogP contribution is -2.43. The van der Waals surface area contributed by atoms with Gasteiger partial charge in [-0.15, -0.1) is 0 Å². The van der Waals surface area contributed by atoms with Gasteiger partial charge in [0.2, 0.25) is 0 Å². The number of carbonyl (C=O) groups excluding carboxylic acids is 1. The minimum atomic E-state index is -1.20. The lowest BCUT2D eigenvalue weighted by molar-refractivity contribution is -0.735. The van der Waals surface area contributed by atoms with E-state index in [0.29, 0.717) is 11.5 Å². The van der Waals surface area contributed by atoms with Crippen molar-refractivity contribution in [3.63, 3.8) is 0 Å². The van der Waals surface area contributed by atoms with Crippen molar-refractivity contribution in [3.8, 4) is 11.4 Å². The lowest BCUT2D eigenvalue weighted by Gasteiger charge is -2.02. The summed E-state index contributed by atoms with van der Waals surface area (Å²) in [6.07, 6.45) is 0. The number of carboxylic acids is 1. The Bertz CT molecular complexity index is 779. The van der Waals surface area contributed by atoms with Gasteiger partial charge in [0, 0.05) is 11.7 Å². The van der Waals surface area contributed by atoms with Gasteiger partial charge in [0.1, 0.15) is 5.69 Å². The SMILES string of the molecule is Cc1nn(-c2ccccc2)[n+](-c2ccc(C(=O)[O-])cc2)n1. The van der Waals surface area contributed by atoms with E-state index in [0.717, 1.165) is 5.69 Å². The van der Waals surface area contributed by atoms with Crippen LogP contribution >= 0.6 is 0 Å². The fourth-order valence-corrected chi connectivity index (χ4v) is 2.01. The summed E-state index contributed by atoms with van der Waals surface area (Å²) in [6.45, 7) is 1.80. The highest BCUT2D eigenvalue weighted by molar-refractivity contribution is 5.85. The number of aromatic carboxylic acids is 1. The number of hydrogen-bond acceptors (Lipinski definition) is 4. The number of carbonyl (C=O) groups is 1. The molecule has 0 aliphatic carbocycles. The molecule has 0 atom stereocenters. The second-order valence-electron chi connectivity index (χ2n) is 4.50. The zero-order valence-electron chi connectivity index (χ0n) is 11.3. The number of hydrogen-bond donors (Lipinski definition) is 0. The van der Waals surface area contributed by atoms with E-state index in [4.69, 9.17) is 0 Å². The highest BCUT2D eigenvalue weighted by atomic mass is 16.4. The van der Waals surface area contributed by atoms with Crippen molar-refractivity contribution in [2.24, 2.45) is 0 Å². The van der Waals surface area contributed by atoms with Crippen LogP contribution in [0.1, 0.15) is 16.2 Å². The van der Waals surface area contributed by atoms with Crippen LogP contribution in [-0.4, -0.2) is 21.0 Å². The Morgan fingerprint density at radius 3 is 2.38 bits per heavy atom. The van der Waals surface area contributed by atoms with E-state index in [1.165, 1.54) is 12.1 Å². The molecule has 0 N–H and O–H groups in total. The maximum absolute atomic E-state index is 10.8. The molecule has 21 heavy (non-hydrogen) atoms. The van der Waals surface area contributed by atoms with E-state index in [9.17, 15) is 9.90 Å². The fraction of sp³-hybridized carbons (Fsp3) is 0.0667. The van der Waals surface area contributed by atoms with Crippen molar-refractivity contribution in [2.45, 2.75) is 6.92 Å². The summed E-state index contributed by atoms with van der Waals surface area (Å²) in [5.74, 6) is -0.588. The van der Waals surface area contributed by atoms with E-state index in [-0.39, 0.29) is 5.56 Å². The van der Waals surface area contributed by atoms with Gasteiger partial charge >= 0.3 is 5.82 Å². The molecule has 0 unspecified atom stereocenters. The number of aryl methyl sites for hydroxylation is 1. The molecule has 0 aliphatic rings. The summed E-state index contributed by atoms with van der Waals surface area (Å²) in [7, 11) is 0. The van der Waals surface area contributed by atoms with E-state index < -0.39 is 5.97 Å². The van der Waals surface area contributed by atoms with Gasteiger partial charge in [-0.2, -0.15) is 0 Å². The predicted molar refractivity (Wildman–Crippen MR) is 72.0 cm³/mol. The van der Waals surface area contributed by atoms with Crippen LogP contribution in [0.5, 0.6) is 0 Å². The minimum Gasteiger partial charge on any atom is -0.545 e. The van der Waals surface area contributed by atoms with Gasteiger partial charge in [0.05, 0.1) is 11.1 Å². The fourth-order valence-electron chi connectivity index (χ4n) is 2.01. The monoisotopic (exact) mass is 280 g/mol. The number of aromatic nitrogens is 4. The second kappa shape index (κ2) is 5.16. The number of carboxylic acid groups (broad SMARTS) is 1. The van der Waals surface area contributed by atoms with Crippen molar-refractivity contribution in [2.75, 3.05) is 0 Å². The third-order valence-corrected chi connectivity index (χ3v) is 2.98. The molecular formula is C15H12N4O2. The lowest BCUT2D eigenvalue weighted by atomic mass is 10.2. The van der Waals surface area contributed by atoms with Gasteiger partial charge in [-0.3, -0.25) is 0 Å². The standard InChI is InChI=1S/C15H12N4O2/c1-11-16-18(13-5-3-2-4-6-13)19(17-11)14-9-7-12(8-10-14)15(20)21/h2-10H,1H3. The Morgan fingerprint density at radius 2 is 1.76 bits per heavy atom. The molecule has 104 valence electrons. The molecule has 0 aliphatic heterocycles. The first kappa shape index (κ1) is 13.0. The average Bonchev–Trinajstić information content (AvgIpc) is 2.90. The molecule has 0 saturated heterocycles. The number of nitrogens with zero attached hydrogens (tertiary/aromatic N) is 4. The maximum Gasteiger partial charge on any atom is 0.306 e. The van der Waals surface area contributed by atoms with Crippen LogP contribution in [0.15, 0.2) is 54.6 Å². The third-order valence-electron chi connectivity index (χ3n) is 2.98. The Labute approximate surface area is 120 Å². The molecule has 2 aromatic carbocycles. The molecule has 1 heterocycles. The van der Waals surface area contributed by atoms with Crippen LogP contribution < -0.4 is 9.90 Å². The molecule has 3 aromatic rings. The van der Waals surface area contributed by atoms with Crippen molar-refractivity contribution in [1.29, 1.82) is 0 Å². The van der Waals surface area contributed by atoms with Gasteiger partial charge < -0.3 is 9.90 Å². The predicted octanol–water partition coefficient (Wildman–Crippen LogP) is 0.216. The minimum absolute atomic E-state index is 0.127. The molecule has 0 radical (unpaired) electrons. The molecule has 1 aromatic heterocycles. The van der Waals surface area contributed by atoms with Crippen molar-refractivity contribution < 1.29 is 14.7 Å². The first-order chi connectivity index (χ1) is 10.1. The Kier molecular flexibility index (Phi) is 3.19. The zero-order valence-corrected chi connectivity index (χ0v) is 11.3. The summed E-state index contributed by atoms with van der Waals surface area (Å²) in [5, 5.41) is 19.5.